The summed E-state index contributed by atoms with van der Waals surface area (Å²) in [6.07, 6.45) is 0. The first-order chi connectivity index (χ1) is 15.6. The van der Waals surface area contributed by atoms with Crippen molar-refractivity contribution >= 4 is 11.6 Å². The normalized spacial score (nSPS) is 10.4. The van der Waals surface area contributed by atoms with Crippen molar-refractivity contribution < 1.29 is 19.1 Å². The Kier molecular flexibility index (Phi) is 6.13. The molecule has 0 radical (unpaired) electrons. The Morgan fingerprint density at radius 1 is 0.594 bits per heavy atom. The van der Waals surface area contributed by atoms with Crippen LogP contribution in [0.4, 0.5) is 0 Å². The minimum absolute atomic E-state index is 0.176. The monoisotopic (exact) mass is 422 g/mol. The van der Waals surface area contributed by atoms with Gasteiger partial charge in [-0.25, -0.2) is 0 Å². The number of carbonyl (C=O) groups excluding carboxylic acids is 2. The molecule has 4 heteroatoms. The Morgan fingerprint density at radius 2 is 1.06 bits per heavy atom. The average molecular weight is 422 g/mol. The summed E-state index contributed by atoms with van der Waals surface area (Å²) in [7, 11) is 1.58. The maximum absolute atomic E-state index is 13.2. The van der Waals surface area contributed by atoms with Crippen LogP contribution in [0, 0.1) is 6.92 Å². The molecular weight excluding hydrogens is 400 g/mol. The van der Waals surface area contributed by atoms with Crippen molar-refractivity contribution in [1.82, 2.24) is 0 Å². The minimum atomic E-state index is -0.218. The quantitative estimate of drug-likeness (QED) is 0.330. The van der Waals surface area contributed by atoms with Gasteiger partial charge in [0.15, 0.2) is 23.1 Å². The number of benzene rings is 4. The van der Waals surface area contributed by atoms with E-state index in [9.17, 15) is 9.59 Å². The molecule has 158 valence electrons. The van der Waals surface area contributed by atoms with Crippen LogP contribution in [-0.4, -0.2) is 18.7 Å². The van der Waals surface area contributed by atoms with Gasteiger partial charge in [-0.05, 0) is 43.3 Å². The van der Waals surface area contributed by atoms with Gasteiger partial charge in [-0.15, -0.1) is 0 Å². The molecule has 0 fully saturated rings. The van der Waals surface area contributed by atoms with Gasteiger partial charge < -0.3 is 9.47 Å². The Morgan fingerprint density at radius 3 is 1.59 bits per heavy atom. The van der Waals surface area contributed by atoms with Crippen LogP contribution in [0.5, 0.6) is 17.2 Å². The van der Waals surface area contributed by atoms with Crippen LogP contribution < -0.4 is 9.47 Å². The highest BCUT2D eigenvalue weighted by molar-refractivity contribution is 6.19. The summed E-state index contributed by atoms with van der Waals surface area (Å²) < 4.78 is 11.2. The smallest absolute Gasteiger partial charge is 0.193 e. The van der Waals surface area contributed by atoms with E-state index >= 15 is 0 Å². The second-order valence-electron chi connectivity index (χ2n) is 7.35. The van der Waals surface area contributed by atoms with Crippen molar-refractivity contribution in [2.75, 3.05) is 7.11 Å². The molecule has 0 saturated carbocycles. The first-order valence-electron chi connectivity index (χ1n) is 10.2. The SMILES string of the molecule is COc1ccccc1Oc1ccc(C(=O)c2ccccc2C(=O)c2ccc(C)cc2)cc1. The highest BCUT2D eigenvalue weighted by Gasteiger charge is 2.19. The molecule has 0 bridgehead atoms. The maximum Gasteiger partial charge on any atom is 0.193 e. The van der Waals surface area contributed by atoms with Gasteiger partial charge in [-0.2, -0.15) is 0 Å². The van der Waals surface area contributed by atoms with Crippen LogP contribution in [0.1, 0.15) is 37.4 Å². The van der Waals surface area contributed by atoms with E-state index in [1.54, 1.807) is 67.8 Å². The molecule has 0 saturated heterocycles. The number of hydrogen-bond donors (Lipinski definition) is 0. The summed E-state index contributed by atoms with van der Waals surface area (Å²) in [4.78, 5) is 26.3. The molecule has 0 aliphatic carbocycles. The van der Waals surface area contributed by atoms with E-state index in [4.69, 9.17) is 9.47 Å². The standard InChI is InChI=1S/C28H22O4/c1-19-11-13-20(14-12-19)27(29)23-7-3-4-8-24(23)28(30)21-15-17-22(18-16-21)32-26-10-6-5-9-25(26)31-2/h3-18H,1-2H3. The van der Waals surface area contributed by atoms with Crippen LogP contribution in [0.25, 0.3) is 0 Å². The summed E-state index contributed by atoms with van der Waals surface area (Å²) in [6.45, 7) is 1.97. The fourth-order valence-electron chi connectivity index (χ4n) is 3.40. The summed E-state index contributed by atoms with van der Waals surface area (Å²) in [5.41, 5.74) is 2.85. The average Bonchev–Trinajstić information content (AvgIpc) is 2.84. The fraction of sp³-hybridized carbons (Fsp3) is 0.0714. The summed E-state index contributed by atoms with van der Waals surface area (Å²) >= 11 is 0. The molecule has 4 aromatic carbocycles. The van der Waals surface area contributed by atoms with Gasteiger partial charge in [-0.3, -0.25) is 9.59 Å². The van der Waals surface area contributed by atoms with Crippen molar-refractivity contribution in [3.8, 4) is 17.2 Å². The van der Waals surface area contributed by atoms with Crippen LogP contribution in [0.15, 0.2) is 97.1 Å². The zero-order valence-corrected chi connectivity index (χ0v) is 17.9. The molecular formula is C28H22O4. The minimum Gasteiger partial charge on any atom is -0.493 e. The highest BCUT2D eigenvalue weighted by atomic mass is 16.5. The number of hydrogen-bond acceptors (Lipinski definition) is 4. The number of ether oxygens (including phenoxy) is 2. The number of para-hydroxylation sites is 2. The third kappa shape index (κ3) is 4.44. The zero-order chi connectivity index (χ0) is 22.5. The van der Waals surface area contributed by atoms with Gasteiger partial charge in [0.05, 0.1) is 7.11 Å². The van der Waals surface area contributed by atoms with Crippen molar-refractivity contribution in [1.29, 1.82) is 0 Å². The number of ketones is 2. The molecule has 0 N–H and O–H groups in total. The van der Waals surface area contributed by atoms with E-state index in [0.717, 1.165) is 5.56 Å². The van der Waals surface area contributed by atoms with E-state index in [-0.39, 0.29) is 11.6 Å². The molecule has 4 nitrogen and oxygen atoms in total. The molecule has 0 unspecified atom stereocenters. The second-order valence-corrected chi connectivity index (χ2v) is 7.35. The fourth-order valence-corrected chi connectivity index (χ4v) is 3.40. The topological polar surface area (TPSA) is 52.6 Å². The van der Waals surface area contributed by atoms with Crippen molar-refractivity contribution in [2.24, 2.45) is 0 Å². The third-order valence-electron chi connectivity index (χ3n) is 5.14. The zero-order valence-electron chi connectivity index (χ0n) is 17.9. The van der Waals surface area contributed by atoms with Gasteiger partial charge in [0.1, 0.15) is 5.75 Å². The lowest BCUT2D eigenvalue weighted by Crippen LogP contribution is -2.11. The molecule has 0 aliphatic rings. The van der Waals surface area contributed by atoms with Crippen LogP contribution in [0.2, 0.25) is 0 Å². The lowest BCUT2D eigenvalue weighted by atomic mass is 9.93. The van der Waals surface area contributed by atoms with Gasteiger partial charge >= 0.3 is 0 Å². The first kappa shape index (κ1) is 21.1. The molecule has 4 rings (SSSR count). The molecule has 0 amide bonds. The van der Waals surface area contributed by atoms with Crippen LogP contribution in [-0.2, 0) is 0 Å². The van der Waals surface area contributed by atoms with Crippen LogP contribution in [0.3, 0.4) is 0 Å². The molecule has 0 atom stereocenters. The van der Waals surface area contributed by atoms with E-state index < -0.39 is 0 Å². The summed E-state index contributed by atoms with van der Waals surface area (Å²) in [6, 6.07) is 28.4. The largest absolute Gasteiger partial charge is 0.493 e. The number of aryl methyl sites for hydroxylation is 1. The second kappa shape index (κ2) is 9.31. The predicted molar refractivity (Wildman–Crippen MR) is 124 cm³/mol. The van der Waals surface area contributed by atoms with Crippen molar-refractivity contribution in [2.45, 2.75) is 6.92 Å². The van der Waals surface area contributed by atoms with Gasteiger partial charge in [0.25, 0.3) is 0 Å². The van der Waals surface area contributed by atoms with E-state index in [2.05, 4.69) is 0 Å². The molecule has 0 heterocycles. The lowest BCUT2D eigenvalue weighted by Gasteiger charge is -2.11. The Bertz CT molecular complexity index is 1260. The van der Waals surface area contributed by atoms with Gasteiger partial charge in [0.2, 0.25) is 0 Å². The summed E-state index contributed by atoms with van der Waals surface area (Å²) in [5, 5.41) is 0. The molecule has 0 aromatic heterocycles. The maximum atomic E-state index is 13.2. The Balaban J connectivity index is 1.59. The molecule has 0 spiro atoms. The van der Waals surface area contributed by atoms with E-state index in [1.807, 2.05) is 43.3 Å². The number of methoxy groups -OCH3 is 1. The van der Waals surface area contributed by atoms with Crippen molar-refractivity contribution in [3.63, 3.8) is 0 Å². The van der Waals surface area contributed by atoms with E-state index in [1.165, 1.54) is 0 Å². The molecule has 4 aromatic rings. The molecule has 32 heavy (non-hydrogen) atoms. The number of rotatable bonds is 7. The highest BCUT2D eigenvalue weighted by Crippen LogP contribution is 2.31. The first-order valence-corrected chi connectivity index (χ1v) is 10.2. The van der Waals surface area contributed by atoms with Gasteiger partial charge in [-0.1, -0.05) is 66.2 Å². The van der Waals surface area contributed by atoms with Crippen molar-refractivity contribution in [3.05, 3.63) is 125 Å². The van der Waals surface area contributed by atoms with Gasteiger partial charge in [0, 0.05) is 22.3 Å². The lowest BCUT2D eigenvalue weighted by molar-refractivity contribution is 0.100. The van der Waals surface area contributed by atoms with E-state index in [0.29, 0.717) is 39.5 Å². The predicted octanol–water partition coefficient (Wildman–Crippen LogP) is 6.26. The van der Waals surface area contributed by atoms with Crippen LogP contribution >= 0.6 is 0 Å². The summed E-state index contributed by atoms with van der Waals surface area (Å²) in [5.74, 6) is 1.39. The number of carbonyl (C=O) groups is 2. The molecule has 0 aliphatic heterocycles. The Hall–Kier alpha value is -4.18. The third-order valence-corrected chi connectivity index (χ3v) is 5.14. The Labute approximate surface area is 187 Å².